The molecule has 0 aliphatic rings. The van der Waals surface area contributed by atoms with Gasteiger partial charge in [-0.15, -0.1) is 0 Å². The quantitative estimate of drug-likeness (QED) is 0.641. The van der Waals surface area contributed by atoms with Crippen LogP contribution in [0.4, 0.5) is 0 Å². The molecule has 0 heterocycles. The third-order valence-electron chi connectivity index (χ3n) is 4.67. The Hall–Kier alpha value is -2.53. The van der Waals surface area contributed by atoms with Gasteiger partial charge >= 0.3 is 5.97 Å². The number of aliphatic hydroxyl groups is 1. The lowest BCUT2D eigenvalue weighted by Gasteiger charge is -2.19. The molecule has 2 aromatic rings. The minimum absolute atomic E-state index is 0.0960. The molecule has 0 bridgehead atoms. The van der Waals surface area contributed by atoms with Gasteiger partial charge in [0.15, 0.2) is 0 Å². The average molecular weight is 401 g/mol. The summed E-state index contributed by atoms with van der Waals surface area (Å²) in [6.45, 7) is 8.62. The van der Waals surface area contributed by atoms with Crippen LogP contribution in [-0.4, -0.2) is 37.5 Å². The van der Waals surface area contributed by atoms with E-state index in [9.17, 15) is 9.90 Å². The van der Waals surface area contributed by atoms with Crippen LogP contribution >= 0.6 is 0 Å². The highest BCUT2D eigenvalue weighted by molar-refractivity contribution is 5.72. The van der Waals surface area contributed by atoms with E-state index in [-0.39, 0.29) is 30.5 Å². The van der Waals surface area contributed by atoms with Gasteiger partial charge in [0.1, 0.15) is 30.8 Å². The predicted octanol–water partition coefficient (Wildman–Crippen LogP) is 4.15. The van der Waals surface area contributed by atoms with Crippen LogP contribution in [0, 0.1) is 5.92 Å². The summed E-state index contributed by atoms with van der Waals surface area (Å²) in [6.07, 6.45) is -0.131. The van der Waals surface area contributed by atoms with E-state index in [1.807, 2.05) is 55.5 Å². The highest BCUT2D eigenvalue weighted by Crippen LogP contribution is 2.24. The second-order valence-electron chi connectivity index (χ2n) is 8.32. The number of hydrogen-bond donors (Lipinski definition) is 1. The molecular formula is C24H32O5. The van der Waals surface area contributed by atoms with E-state index < -0.39 is 6.10 Å². The third kappa shape index (κ3) is 7.42. The molecule has 5 nitrogen and oxygen atoms in total. The molecule has 0 spiro atoms. The first kappa shape index (κ1) is 22.8. The summed E-state index contributed by atoms with van der Waals surface area (Å²) in [5, 5.41) is 10.1. The number of carbonyl (C=O) groups is 1. The summed E-state index contributed by atoms with van der Waals surface area (Å²) in [5.41, 5.74) is 2.36. The molecule has 2 aromatic carbocycles. The van der Waals surface area contributed by atoms with E-state index in [0.717, 1.165) is 11.3 Å². The molecule has 5 heteroatoms. The van der Waals surface area contributed by atoms with Crippen LogP contribution in [0.5, 0.6) is 11.5 Å². The Morgan fingerprint density at radius 3 is 1.86 bits per heavy atom. The Labute approximate surface area is 173 Å². The fourth-order valence-corrected chi connectivity index (χ4v) is 2.84. The second kappa shape index (κ2) is 10.3. The van der Waals surface area contributed by atoms with Crippen LogP contribution in [0.3, 0.4) is 0 Å². The van der Waals surface area contributed by atoms with Crippen molar-refractivity contribution in [3.63, 3.8) is 0 Å². The van der Waals surface area contributed by atoms with E-state index in [0.29, 0.717) is 12.2 Å². The predicted molar refractivity (Wildman–Crippen MR) is 113 cm³/mol. The van der Waals surface area contributed by atoms with Crippen LogP contribution in [0.2, 0.25) is 0 Å². The number of esters is 1. The molecule has 2 atom stereocenters. The van der Waals surface area contributed by atoms with Crippen molar-refractivity contribution in [2.75, 3.05) is 20.3 Å². The van der Waals surface area contributed by atoms with E-state index in [1.54, 1.807) is 0 Å². The number of carbonyl (C=O) groups excluding carboxylic acids is 1. The normalized spacial score (nSPS) is 13.4. The standard InChI is InChI=1S/C24H32O5/c1-17(23(26)27-5)14-18-6-10-21(11-7-18)28-15-20(25)16-29-22-12-8-19(9-13-22)24(2,3)4/h6-13,17,20,25H,14-16H2,1-5H3. The summed E-state index contributed by atoms with van der Waals surface area (Å²) in [6, 6.07) is 15.4. The van der Waals surface area contributed by atoms with E-state index in [4.69, 9.17) is 14.2 Å². The van der Waals surface area contributed by atoms with E-state index in [2.05, 4.69) is 20.8 Å². The van der Waals surface area contributed by atoms with Gasteiger partial charge in [0, 0.05) is 0 Å². The number of methoxy groups -OCH3 is 1. The maximum Gasteiger partial charge on any atom is 0.308 e. The van der Waals surface area contributed by atoms with Gasteiger partial charge in [0.05, 0.1) is 13.0 Å². The lowest BCUT2D eigenvalue weighted by atomic mass is 9.87. The topological polar surface area (TPSA) is 65.0 Å². The Morgan fingerprint density at radius 1 is 0.931 bits per heavy atom. The molecule has 158 valence electrons. The number of rotatable bonds is 9. The smallest absolute Gasteiger partial charge is 0.308 e. The summed E-state index contributed by atoms with van der Waals surface area (Å²) >= 11 is 0. The molecule has 1 N–H and O–H groups in total. The molecule has 0 radical (unpaired) electrons. The van der Waals surface area contributed by atoms with Crippen LogP contribution in [-0.2, 0) is 21.4 Å². The van der Waals surface area contributed by atoms with Gasteiger partial charge in [-0.2, -0.15) is 0 Å². The highest BCUT2D eigenvalue weighted by atomic mass is 16.5. The summed E-state index contributed by atoms with van der Waals surface area (Å²) in [5.74, 6) is 0.971. The van der Waals surface area contributed by atoms with Crippen molar-refractivity contribution >= 4 is 5.97 Å². The van der Waals surface area contributed by atoms with E-state index >= 15 is 0 Å². The summed E-state index contributed by atoms with van der Waals surface area (Å²) < 4.78 is 16.0. The average Bonchev–Trinajstić information content (AvgIpc) is 2.70. The van der Waals surface area contributed by atoms with Gasteiger partial charge in [-0.1, -0.05) is 52.0 Å². The number of benzene rings is 2. The molecule has 0 aromatic heterocycles. The molecule has 0 amide bonds. The Balaban J connectivity index is 1.76. The molecule has 0 aliphatic carbocycles. The molecule has 0 aliphatic heterocycles. The number of aliphatic hydroxyl groups excluding tert-OH is 1. The van der Waals surface area contributed by atoms with Crippen molar-refractivity contribution in [3.05, 3.63) is 59.7 Å². The Kier molecular flexibility index (Phi) is 8.09. The minimum Gasteiger partial charge on any atom is -0.491 e. The lowest BCUT2D eigenvalue weighted by Crippen LogP contribution is -2.25. The fraction of sp³-hybridized carbons (Fsp3) is 0.458. The van der Waals surface area contributed by atoms with Gasteiger partial charge in [-0.25, -0.2) is 0 Å². The van der Waals surface area contributed by atoms with E-state index in [1.165, 1.54) is 12.7 Å². The molecule has 0 saturated carbocycles. The number of ether oxygens (including phenoxy) is 3. The van der Waals surface area contributed by atoms with Crippen molar-refractivity contribution < 1.29 is 24.1 Å². The number of hydrogen-bond acceptors (Lipinski definition) is 5. The van der Waals surface area contributed by atoms with Gasteiger partial charge in [0.2, 0.25) is 0 Å². The van der Waals surface area contributed by atoms with Crippen LogP contribution in [0.1, 0.15) is 38.8 Å². The fourth-order valence-electron chi connectivity index (χ4n) is 2.84. The molecule has 29 heavy (non-hydrogen) atoms. The zero-order valence-corrected chi connectivity index (χ0v) is 18.0. The lowest BCUT2D eigenvalue weighted by molar-refractivity contribution is -0.144. The first-order valence-electron chi connectivity index (χ1n) is 9.90. The van der Waals surface area contributed by atoms with Gasteiger partial charge in [0.25, 0.3) is 0 Å². The molecular weight excluding hydrogens is 368 g/mol. The summed E-state index contributed by atoms with van der Waals surface area (Å²) in [7, 11) is 1.39. The SMILES string of the molecule is COC(=O)C(C)Cc1ccc(OCC(O)COc2ccc(C(C)(C)C)cc2)cc1. The Morgan fingerprint density at radius 2 is 1.41 bits per heavy atom. The van der Waals surface area contributed by atoms with Gasteiger partial charge in [-0.05, 0) is 47.2 Å². The van der Waals surface area contributed by atoms with Gasteiger partial charge in [-0.3, -0.25) is 4.79 Å². The first-order valence-corrected chi connectivity index (χ1v) is 9.90. The van der Waals surface area contributed by atoms with Gasteiger partial charge < -0.3 is 19.3 Å². The van der Waals surface area contributed by atoms with Crippen molar-refractivity contribution in [2.45, 2.75) is 45.6 Å². The molecule has 2 unspecified atom stereocenters. The van der Waals surface area contributed by atoms with Crippen molar-refractivity contribution in [1.82, 2.24) is 0 Å². The largest absolute Gasteiger partial charge is 0.491 e. The maximum atomic E-state index is 11.5. The van der Waals surface area contributed by atoms with Crippen molar-refractivity contribution in [2.24, 2.45) is 5.92 Å². The monoisotopic (exact) mass is 400 g/mol. The third-order valence-corrected chi connectivity index (χ3v) is 4.67. The molecule has 0 saturated heterocycles. The van der Waals surface area contributed by atoms with Crippen LogP contribution in [0.15, 0.2) is 48.5 Å². The van der Waals surface area contributed by atoms with Crippen molar-refractivity contribution in [1.29, 1.82) is 0 Å². The first-order chi connectivity index (χ1) is 13.7. The van der Waals surface area contributed by atoms with Crippen LogP contribution in [0.25, 0.3) is 0 Å². The van der Waals surface area contributed by atoms with Crippen molar-refractivity contribution in [3.8, 4) is 11.5 Å². The minimum atomic E-state index is -0.740. The molecule has 2 rings (SSSR count). The summed E-state index contributed by atoms with van der Waals surface area (Å²) in [4.78, 5) is 11.5. The maximum absolute atomic E-state index is 11.5. The highest BCUT2D eigenvalue weighted by Gasteiger charge is 2.15. The second-order valence-corrected chi connectivity index (χ2v) is 8.32. The van der Waals surface area contributed by atoms with Crippen LogP contribution < -0.4 is 9.47 Å². The molecule has 0 fully saturated rings. The zero-order chi connectivity index (χ0) is 21.4. The Bertz CT molecular complexity index is 759. The zero-order valence-electron chi connectivity index (χ0n) is 18.0.